The molecule has 3 aromatic rings. The van der Waals surface area contributed by atoms with Crippen LogP contribution in [0.5, 0.6) is 0 Å². The molecule has 0 aliphatic carbocycles. The second-order valence-electron chi connectivity index (χ2n) is 5.18. The van der Waals surface area contributed by atoms with Gasteiger partial charge in [0.25, 0.3) is 0 Å². The highest BCUT2D eigenvalue weighted by molar-refractivity contribution is 5.73. The Morgan fingerprint density at radius 3 is 2.50 bits per heavy atom. The van der Waals surface area contributed by atoms with Gasteiger partial charge < -0.3 is 0 Å². The molecular formula is C16H15F3N4O. The summed E-state index contributed by atoms with van der Waals surface area (Å²) in [7, 11) is 0. The van der Waals surface area contributed by atoms with E-state index in [0.29, 0.717) is 12.1 Å². The Labute approximate surface area is 136 Å². The molecule has 3 rings (SSSR count). The van der Waals surface area contributed by atoms with Crippen LogP contribution in [0.1, 0.15) is 25.1 Å². The van der Waals surface area contributed by atoms with Gasteiger partial charge in [-0.2, -0.15) is 13.2 Å². The van der Waals surface area contributed by atoms with Crippen LogP contribution in [0.3, 0.4) is 0 Å². The van der Waals surface area contributed by atoms with Crippen LogP contribution >= 0.6 is 0 Å². The summed E-state index contributed by atoms with van der Waals surface area (Å²) in [6.45, 7) is 1.91. The Balaban J connectivity index is 1.72. The van der Waals surface area contributed by atoms with Gasteiger partial charge in [0.05, 0.1) is 16.8 Å². The van der Waals surface area contributed by atoms with Gasteiger partial charge in [0, 0.05) is 0 Å². The summed E-state index contributed by atoms with van der Waals surface area (Å²) in [5.41, 5.74) is 3.95. The molecule has 1 N–H and O–H groups in total. The quantitative estimate of drug-likeness (QED) is 0.702. The van der Waals surface area contributed by atoms with E-state index in [4.69, 9.17) is 4.84 Å². The molecule has 1 unspecified atom stereocenters. The highest BCUT2D eigenvalue weighted by atomic mass is 19.4. The lowest BCUT2D eigenvalue weighted by Crippen LogP contribution is -2.17. The van der Waals surface area contributed by atoms with Crippen LogP contribution in [0.2, 0.25) is 0 Å². The number of nitrogens with one attached hydrogen (secondary N) is 1. The van der Waals surface area contributed by atoms with Crippen molar-refractivity contribution in [3.63, 3.8) is 0 Å². The highest BCUT2D eigenvalue weighted by Gasteiger charge is 2.30. The average molecular weight is 336 g/mol. The summed E-state index contributed by atoms with van der Waals surface area (Å²) in [6.07, 6.45) is -4.20. The van der Waals surface area contributed by atoms with Crippen LogP contribution < -0.4 is 5.48 Å². The number of benzene rings is 2. The first kappa shape index (κ1) is 16.3. The average Bonchev–Trinajstić information content (AvgIpc) is 2.99. The van der Waals surface area contributed by atoms with Crippen molar-refractivity contribution in [1.29, 1.82) is 0 Å². The molecule has 24 heavy (non-hydrogen) atoms. The van der Waals surface area contributed by atoms with Gasteiger partial charge in [-0.25, -0.2) is 9.52 Å². The van der Waals surface area contributed by atoms with E-state index < -0.39 is 18.0 Å². The molecular weight excluding hydrogens is 321 g/mol. The zero-order valence-corrected chi connectivity index (χ0v) is 12.8. The molecule has 0 spiro atoms. The number of rotatable bonds is 5. The van der Waals surface area contributed by atoms with Crippen molar-refractivity contribution in [3.05, 3.63) is 54.1 Å². The zero-order valence-electron chi connectivity index (χ0n) is 12.8. The van der Waals surface area contributed by atoms with Gasteiger partial charge in [0.2, 0.25) is 0 Å². The summed E-state index contributed by atoms with van der Waals surface area (Å²) < 4.78 is 39.3. The van der Waals surface area contributed by atoms with E-state index in [2.05, 4.69) is 15.8 Å². The van der Waals surface area contributed by atoms with E-state index in [-0.39, 0.29) is 0 Å². The van der Waals surface area contributed by atoms with Gasteiger partial charge in [-0.15, -0.1) is 5.10 Å². The Bertz CT molecular complexity index is 814. The van der Waals surface area contributed by atoms with Gasteiger partial charge in [0.15, 0.2) is 6.23 Å². The standard InChI is InChI=1S/C16H15F3N4O/c1-2-15(23-14-6-4-3-5-13(14)20-22-23)24-21-12-9-7-11(8-10-12)16(17,18)19/h3-10,15,21H,2H2,1H3. The van der Waals surface area contributed by atoms with Gasteiger partial charge in [-0.1, -0.05) is 24.3 Å². The predicted octanol–water partition coefficient (Wildman–Crippen LogP) is 4.40. The molecule has 2 aromatic carbocycles. The SMILES string of the molecule is CCC(ONc1ccc(C(F)(F)F)cc1)n1nnc2ccccc21. The molecule has 0 aliphatic rings. The topological polar surface area (TPSA) is 52.0 Å². The van der Waals surface area contributed by atoms with Crippen molar-refractivity contribution in [2.45, 2.75) is 25.7 Å². The lowest BCUT2D eigenvalue weighted by atomic mass is 10.2. The van der Waals surface area contributed by atoms with Gasteiger partial charge in [-0.05, 0) is 42.8 Å². The number of anilines is 1. The number of para-hydroxylation sites is 1. The Morgan fingerprint density at radius 2 is 1.83 bits per heavy atom. The molecule has 1 atom stereocenters. The van der Waals surface area contributed by atoms with Crippen molar-refractivity contribution in [1.82, 2.24) is 15.0 Å². The lowest BCUT2D eigenvalue weighted by Gasteiger charge is -2.17. The second-order valence-corrected chi connectivity index (χ2v) is 5.18. The molecule has 5 nitrogen and oxygen atoms in total. The fraction of sp³-hybridized carbons (Fsp3) is 0.250. The van der Waals surface area contributed by atoms with E-state index in [9.17, 15) is 13.2 Å². The third-order valence-electron chi connectivity index (χ3n) is 3.52. The molecule has 1 aromatic heterocycles. The molecule has 8 heteroatoms. The number of fused-ring (bicyclic) bond motifs is 1. The number of aromatic nitrogens is 3. The zero-order chi connectivity index (χ0) is 17.2. The van der Waals surface area contributed by atoms with Crippen LogP contribution in [0.15, 0.2) is 48.5 Å². The summed E-state index contributed by atoms with van der Waals surface area (Å²) in [5.74, 6) is 0. The predicted molar refractivity (Wildman–Crippen MR) is 83.0 cm³/mol. The van der Waals surface area contributed by atoms with Crippen LogP contribution in [-0.4, -0.2) is 15.0 Å². The van der Waals surface area contributed by atoms with E-state index in [0.717, 1.165) is 23.2 Å². The highest BCUT2D eigenvalue weighted by Crippen LogP contribution is 2.30. The van der Waals surface area contributed by atoms with E-state index >= 15 is 0 Å². The first-order valence-electron chi connectivity index (χ1n) is 7.38. The number of nitrogens with zero attached hydrogens (tertiary/aromatic N) is 3. The van der Waals surface area contributed by atoms with Crippen LogP contribution in [-0.2, 0) is 11.0 Å². The molecule has 0 saturated heterocycles. The van der Waals surface area contributed by atoms with Gasteiger partial charge in [0.1, 0.15) is 5.52 Å². The monoisotopic (exact) mass is 336 g/mol. The molecule has 0 fully saturated rings. The Morgan fingerprint density at radius 1 is 1.12 bits per heavy atom. The molecule has 126 valence electrons. The molecule has 1 heterocycles. The Kier molecular flexibility index (Phi) is 4.39. The summed E-state index contributed by atoms with van der Waals surface area (Å²) in [4.78, 5) is 5.58. The first-order valence-corrected chi connectivity index (χ1v) is 7.38. The fourth-order valence-electron chi connectivity index (χ4n) is 2.27. The number of hydrogen-bond acceptors (Lipinski definition) is 4. The molecule has 0 saturated carbocycles. The largest absolute Gasteiger partial charge is 0.416 e. The normalized spacial score (nSPS) is 13.2. The van der Waals surface area contributed by atoms with Crippen LogP contribution in [0.4, 0.5) is 18.9 Å². The van der Waals surface area contributed by atoms with E-state index in [1.165, 1.54) is 12.1 Å². The van der Waals surface area contributed by atoms with Gasteiger partial charge in [-0.3, -0.25) is 5.48 Å². The summed E-state index contributed by atoms with van der Waals surface area (Å²) in [5, 5.41) is 8.14. The molecule has 0 bridgehead atoms. The van der Waals surface area contributed by atoms with E-state index in [1.54, 1.807) is 4.68 Å². The second kappa shape index (κ2) is 6.48. The van der Waals surface area contributed by atoms with Crippen LogP contribution in [0, 0.1) is 0 Å². The minimum absolute atomic E-state index is 0.422. The summed E-state index contributed by atoms with van der Waals surface area (Å²) >= 11 is 0. The molecule has 0 radical (unpaired) electrons. The number of hydrogen-bond donors (Lipinski definition) is 1. The third kappa shape index (κ3) is 3.33. The minimum Gasteiger partial charge on any atom is -0.265 e. The van der Waals surface area contributed by atoms with E-state index in [1.807, 2.05) is 31.2 Å². The molecule has 0 amide bonds. The number of alkyl halides is 3. The van der Waals surface area contributed by atoms with Crippen molar-refractivity contribution in [2.75, 3.05) is 5.48 Å². The van der Waals surface area contributed by atoms with Crippen molar-refractivity contribution in [2.24, 2.45) is 0 Å². The lowest BCUT2D eigenvalue weighted by molar-refractivity contribution is -0.137. The van der Waals surface area contributed by atoms with Crippen molar-refractivity contribution in [3.8, 4) is 0 Å². The van der Waals surface area contributed by atoms with Gasteiger partial charge >= 0.3 is 6.18 Å². The minimum atomic E-state index is -4.36. The summed E-state index contributed by atoms with van der Waals surface area (Å²) in [6, 6.07) is 12.1. The first-order chi connectivity index (χ1) is 11.5. The third-order valence-corrected chi connectivity index (χ3v) is 3.52. The maximum absolute atomic E-state index is 12.6. The van der Waals surface area contributed by atoms with Crippen LogP contribution in [0.25, 0.3) is 11.0 Å². The Hall–Kier alpha value is -2.61. The maximum Gasteiger partial charge on any atom is 0.416 e. The van der Waals surface area contributed by atoms with Crippen molar-refractivity contribution < 1.29 is 18.0 Å². The smallest absolute Gasteiger partial charge is 0.265 e. The molecule has 0 aliphatic heterocycles. The fourth-order valence-corrected chi connectivity index (χ4v) is 2.27. The number of halogens is 3. The van der Waals surface area contributed by atoms with Crippen molar-refractivity contribution >= 4 is 16.7 Å². The maximum atomic E-state index is 12.6.